The summed E-state index contributed by atoms with van der Waals surface area (Å²) < 4.78 is 72.1. The lowest BCUT2D eigenvalue weighted by molar-refractivity contribution is -0.320. The molecule has 0 spiro atoms. The van der Waals surface area contributed by atoms with Crippen LogP contribution in [0.15, 0.2) is 12.7 Å². The summed E-state index contributed by atoms with van der Waals surface area (Å²) >= 11 is 0. The van der Waals surface area contributed by atoms with Gasteiger partial charge in [0.2, 0.25) is 5.91 Å². The van der Waals surface area contributed by atoms with Crippen LogP contribution >= 0.6 is 0 Å². The third kappa shape index (κ3) is 17.1. The van der Waals surface area contributed by atoms with Crippen LogP contribution in [-0.4, -0.2) is 160 Å². The number of amides is 1. The topological polar surface area (TPSA) is 303 Å². The molecule has 0 unspecified atom stereocenters. The highest BCUT2D eigenvalue weighted by atomic mass is 16.8. The van der Waals surface area contributed by atoms with Crippen LogP contribution in [0.5, 0.6) is 0 Å². The van der Waals surface area contributed by atoms with Gasteiger partial charge in [0.15, 0.2) is 49.2 Å². The van der Waals surface area contributed by atoms with E-state index < -0.39 is 160 Å². The molecular formula is C37H51NO23. The Kier molecular flexibility index (Phi) is 20.2. The zero-order chi connectivity index (χ0) is 46.2. The lowest BCUT2D eigenvalue weighted by atomic mass is 9.97. The first-order chi connectivity index (χ1) is 28.5. The minimum atomic E-state index is -2.06. The normalized spacial score (nSPS) is 25.9. The maximum absolute atomic E-state index is 13.0. The molecule has 10 atom stereocenters. The van der Waals surface area contributed by atoms with E-state index in [0.29, 0.717) is 0 Å². The summed E-state index contributed by atoms with van der Waals surface area (Å²) in [5, 5.41) is 2.53. The third-order valence-corrected chi connectivity index (χ3v) is 8.07. The molecule has 2 aliphatic rings. The van der Waals surface area contributed by atoms with Crippen molar-refractivity contribution in [2.24, 2.45) is 0 Å². The van der Waals surface area contributed by atoms with Crippen LogP contribution in [0.2, 0.25) is 0 Å². The van der Waals surface area contributed by atoms with Crippen molar-refractivity contribution in [3.63, 3.8) is 0 Å². The fraction of sp³-hybridized carbons (Fsp3) is 0.676. The summed E-state index contributed by atoms with van der Waals surface area (Å²) in [5.41, 5.74) is -2.06. The largest absolute Gasteiger partial charge is 0.463 e. The second-order valence-electron chi connectivity index (χ2n) is 13.5. The van der Waals surface area contributed by atoms with E-state index in [4.69, 9.17) is 61.6 Å². The van der Waals surface area contributed by atoms with Crippen molar-refractivity contribution in [3.8, 4) is 0 Å². The molecule has 0 aromatic carbocycles. The Morgan fingerprint density at radius 1 is 0.459 bits per heavy atom. The lowest BCUT2D eigenvalue weighted by Gasteiger charge is -2.46. The highest BCUT2D eigenvalue weighted by molar-refractivity contribution is 5.87. The molecule has 1 N–H and O–H groups in total. The Bertz CT molecular complexity index is 1550. The fourth-order valence-electron chi connectivity index (χ4n) is 5.91. The molecule has 24 heteroatoms. The Morgan fingerprint density at radius 2 is 0.770 bits per heavy atom. The second-order valence-corrected chi connectivity index (χ2v) is 13.5. The average Bonchev–Trinajstić information content (AvgIpc) is 3.13. The van der Waals surface area contributed by atoms with Crippen LogP contribution in [0.4, 0.5) is 0 Å². The summed E-state index contributed by atoms with van der Waals surface area (Å²) in [6, 6.07) is 0. The molecule has 2 fully saturated rings. The quantitative estimate of drug-likeness (QED) is 0.0852. The van der Waals surface area contributed by atoms with E-state index in [1.54, 1.807) is 0 Å². The van der Waals surface area contributed by atoms with E-state index in [9.17, 15) is 47.9 Å². The summed E-state index contributed by atoms with van der Waals surface area (Å²) in [6.07, 6.45) is -15.6. The maximum atomic E-state index is 13.0. The van der Waals surface area contributed by atoms with Gasteiger partial charge in [-0.3, -0.25) is 47.9 Å². The Balaban J connectivity index is 2.74. The third-order valence-electron chi connectivity index (χ3n) is 8.07. The zero-order valence-corrected chi connectivity index (χ0v) is 35.0. The van der Waals surface area contributed by atoms with Crippen molar-refractivity contribution >= 4 is 59.6 Å². The molecule has 0 bridgehead atoms. The Morgan fingerprint density at radius 3 is 1.07 bits per heavy atom. The van der Waals surface area contributed by atoms with Gasteiger partial charge < -0.3 is 66.9 Å². The molecule has 0 aromatic heterocycles. The molecule has 0 aromatic rings. The van der Waals surface area contributed by atoms with E-state index in [2.05, 4.69) is 11.9 Å². The van der Waals surface area contributed by atoms with Crippen LogP contribution < -0.4 is 5.32 Å². The summed E-state index contributed by atoms with van der Waals surface area (Å²) in [5.74, 6) is -8.97. The van der Waals surface area contributed by atoms with Gasteiger partial charge in [-0.1, -0.05) is 6.58 Å². The number of ether oxygens (including phenoxy) is 13. The van der Waals surface area contributed by atoms with Crippen LogP contribution in [0, 0.1) is 0 Å². The van der Waals surface area contributed by atoms with Gasteiger partial charge in [-0.2, -0.15) is 0 Å². The minimum Gasteiger partial charge on any atom is -0.463 e. The maximum Gasteiger partial charge on any atom is 0.303 e. The summed E-state index contributed by atoms with van der Waals surface area (Å²) in [6.45, 7) is 8.95. The number of carbonyl (C=O) groups is 10. The molecular weight excluding hydrogens is 826 g/mol. The minimum absolute atomic E-state index is 0.616. The number of esters is 9. The van der Waals surface area contributed by atoms with Crippen molar-refractivity contribution in [1.29, 1.82) is 0 Å². The monoisotopic (exact) mass is 877 g/mol. The van der Waals surface area contributed by atoms with Gasteiger partial charge in [0.05, 0.1) is 13.2 Å². The molecule has 0 aliphatic carbocycles. The molecule has 2 aliphatic heterocycles. The predicted molar refractivity (Wildman–Crippen MR) is 194 cm³/mol. The molecule has 61 heavy (non-hydrogen) atoms. The van der Waals surface area contributed by atoms with E-state index in [0.717, 1.165) is 68.4 Å². The first kappa shape index (κ1) is 51.4. The van der Waals surface area contributed by atoms with Crippen molar-refractivity contribution in [1.82, 2.24) is 5.32 Å². The standard InChI is InChI=1S/C37H51NO23/c1-11-28(48)38-37(14-51-19(4)41,15-52-35-33(58-24(9)46)31(56-22(7)44)29(54-20(5)42)26(60-35)12-49-17(2)39)16-53-36-34(59-25(10)47)32(57-23(8)45)30(55-21(6)43)27(61-36)13-50-18(3)40/h11,26-27,29-36H,1,12-16H2,2-10H3,(H,38,48)/t26-,27-,29-,30-,31+,32+,33-,34-,35-,36-/m1/s1. The van der Waals surface area contributed by atoms with Gasteiger partial charge in [0, 0.05) is 62.3 Å². The molecule has 2 rings (SSSR count). The van der Waals surface area contributed by atoms with E-state index in [-0.39, 0.29) is 0 Å². The van der Waals surface area contributed by atoms with Gasteiger partial charge in [0.25, 0.3) is 0 Å². The van der Waals surface area contributed by atoms with Crippen LogP contribution in [0.3, 0.4) is 0 Å². The zero-order valence-electron chi connectivity index (χ0n) is 35.0. The van der Waals surface area contributed by atoms with Gasteiger partial charge in [-0.15, -0.1) is 0 Å². The van der Waals surface area contributed by atoms with Crippen LogP contribution in [0.1, 0.15) is 62.3 Å². The molecule has 2 saturated heterocycles. The number of hydrogen-bond acceptors (Lipinski definition) is 23. The van der Waals surface area contributed by atoms with Gasteiger partial charge in [0.1, 0.15) is 37.6 Å². The SMILES string of the molecule is C=CC(=O)NC(COC(C)=O)(CO[C@@H]1O[C@H](COC(C)=O)[C@@H](OC(C)=O)[C@H](OC(C)=O)[C@H]1OC(C)=O)CO[C@@H]1O[C@H](COC(C)=O)[C@@H](OC(C)=O)[C@H](OC(C)=O)[C@H]1OC(C)=O. The molecule has 0 radical (unpaired) electrons. The summed E-state index contributed by atoms with van der Waals surface area (Å²) in [7, 11) is 0. The Labute approximate surface area is 349 Å². The number of rotatable bonds is 20. The van der Waals surface area contributed by atoms with Gasteiger partial charge in [-0.25, -0.2) is 0 Å². The van der Waals surface area contributed by atoms with E-state index in [1.165, 1.54) is 0 Å². The Hall–Kier alpha value is -5.72. The van der Waals surface area contributed by atoms with Crippen LogP contribution in [0.25, 0.3) is 0 Å². The summed E-state index contributed by atoms with van der Waals surface area (Å²) in [4.78, 5) is 123. The fourth-order valence-corrected chi connectivity index (χ4v) is 5.91. The molecule has 24 nitrogen and oxygen atoms in total. The van der Waals surface area contributed by atoms with Gasteiger partial charge >= 0.3 is 53.7 Å². The van der Waals surface area contributed by atoms with Crippen molar-refractivity contribution in [2.45, 2.75) is 129 Å². The molecule has 342 valence electrons. The smallest absolute Gasteiger partial charge is 0.303 e. The molecule has 0 saturated carbocycles. The molecule has 1 amide bonds. The van der Waals surface area contributed by atoms with Crippen molar-refractivity contribution in [3.05, 3.63) is 12.7 Å². The van der Waals surface area contributed by atoms with E-state index in [1.807, 2.05) is 0 Å². The number of nitrogens with one attached hydrogen (secondary N) is 1. The lowest BCUT2D eigenvalue weighted by Crippen LogP contribution is -2.66. The van der Waals surface area contributed by atoms with Gasteiger partial charge in [-0.05, 0) is 6.08 Å². The highest BCUT2D eigenvalue weighted by Gasteiger charge is 2.55. The first-order valence-electron chi connectivity index (χ1n) is 18.4. The molecule has 2 heterocycles. The number of hydrogen-bond donors (Lipinski definition) is 1. The van der Waals surface area contributed by atoms with Crippen molar-refractivity contribution in [2.75, 3.05) is 33.0 Å². The highest BCUT2D eigenvalue weighted by Crippen LogP contribution is 2.33. The van der Waals surface area contributed by atoms with E-state index >= 15 is 0 Å². The first-order valence-corrected chi connectivity index (χ1v) is 18.4. The predicted octanol–water partition coefficient (Wildman–Crippen LogP) is -1.21. The van der Waals surface area contributed by atoms with Crippen LogP contribution in [-0.2, 0) is 110 Å². The second kappa shape index (κ2) is 23.9. The number of carbonyl (C=O) groups excluding carboxylic acids is 10. The average molecular weight is 878 g/mol. The van der Waals surface area contributed by atoms with Crippen molar-refractivity contribution < 1.29 is 110 Å².